The topological polar surface area (TPSA) is 102 Å². The lowest BCUT2D eigenvalue weighted by molar-refractivity contribution is -0.136. The Morgan fingerprint density at radius 1 is 1.20 bits per heavy atom. The minimum Gasteiger partial charge on any atom is -0.399 e. The zero-order valence-corrected chi connectivity index (χ0v) is 13.9. The summed E-state index contributed by atoms with van der Waals surface area (Å²) in [5, 5.41) is 6.91. The minimum absolute atomic E-state index is 0.00819. The third-order valence-corrected chi connectivity index (χ3v) is 3.92. The molecule has 8 nitrogen and oxygen atoms in total. The molecule has 0 aliphatic carbocycles. The van der Waals surface area contributed by atoms with E-state index in [9.17, 15) is 9.59 Å². The Balaban J connectivity index is 1.51. The number of nitrogens with zero attached hydrogens (tertiary/aromatic N) is 3. The molecule has 3 rings (SSSR count). The number of nitrogen functional groups attached to an aromatic ring is 1. The number of anilines is 2. The van der Waals surface area contributed by atoms with E-state index >= 15 is 0 Å². The maximum atomic E-state index is 12.2. The smallest absolute Gasteiger partial charge is 0.244 e. The third kappa shape index (κ3) is 4.80. The first-order valence-electron chi connectivity index (χ1n) is 8.12. The van der Waals surface area contributed by atoms with E-state index in [1.165, 1.54) is 10.9 Å². The third-order valence-electron chi connectivity index (χ3n) is 3.92. The number of hydrogen-bond donors (Lipinski definition) is 2. The molecule has 0 saturated carbocycles. The van der Waals surface area contributed by atoms with Crippen molar-refractivity contribution in [2.24, 2.45) is 0 Å². The predicted molar refractivity (Wildman–Crippen MR) is 92.8 cm³/mol. The van der Waals surface area contributed by atoms with Crippen LogP contribution in [0.3, 0.4) is 0 Å². The fourth-order valence-electron chi connectivity index (χ4n) is 2.59. The molecule has 25 heavy (non-hydrogen) atoms. The Morgan fingerprint density at radius 2 is 1.92 bits per heavy atom. The molecular formula is C17H21N5O3. The number of benzene rings is 1. The van der Waals surface area contributed by atoms with Crippen LogP contribution in [0.1, 0.15) is 5.56 Å². The van der Waals surface area contributed by atoms with Crippen LogP contribution in [0.2, 0.25) is 0 Å². The summed E-state index contributed by atoms with van der Waals surface area (Å²) in [6, 6.07) is 7.16. The molecule has 1 saturated heterocycles. The SMILES string of the molecule is Nc1ccc(CC(=O)Nc2cnn(CC(=O)N3CCOCC3)c2)cc1. The van der Waals surface area contributed by atoms with Crippen molar-refractivity contribution in [3.05, 3.63) is 42.2 Å². The van der Waals surface area contributed by atoms with Crippen LogP contribution in [0.5, 0.6) is 0 Å². The summed E-state index contributed by atoms with van der Waals surface area (Å²) in [5.41, 5.74) is 7.73. The molecule has 2 amide bonds. The van der Waals surface area contributed by atoms with Gasteiger partial charge in [0.1, 0.15) is 6.54 Å². The van der Waals surface area contributed by atoms with E-state index in [4.69, 9.17) is 10.5 Å². The van der Waals surface area contributed by atoms with E-state index in [1.54, 1.807) is 23.2 Å². The maximum absolute atomic E-state index is 12.2. The van der Waals surface area contributed by atoms with E-state index < -0.39 is 0 Å². The van der Waals surface area contributed by atoms with Crippen LogP contribution in [0, 0.1) is 0 Å². The Labute approximate surface area is 145 Å². The molecule has 132 valence electrons. The number of ether oxygens (including phenoxy) is 1. The number of rotatable bonds is 5. The number of amides is 2. The van der Waals surface area contributed by atoms with Crippen LogP contribution in [0.4, 0.5) is 11.4 Å². The number of carbonyl (C=O) groups excluding carboxylic acids is 2. The van der Waals surface area contributed by atoms with Crippen molar-refractivity contribution >= 4 is 23.2 Å². The predicted octanol–water partition coefficient (Wildman–Crippen LogP) is 0.505. The van der Waals surface area contributed by atoms with E-state index in [-0.39, 0.29) is 24.8 Å². The summed E-state index contributed by atoms with van der Waals surface area (Å²) in [5.74, 6) is -0.157. The van der Waals surface area contributed by atoms with Gasteiger partial charge in [-0.2, -0.15) is 5.10 Å². The Morgan fingerprint density at radius 3 is 2.64 bits per heavy atom. The molecule has 2 heterocycles. The second-order valence-corrected chi connectivity index (χ2v) is 5.89. The largest absolute Gasteiger partial charge is 0.399 e. The molecule has 2 aromatic rings. The summed E-state index contributed by atoms with van der Waals surface area (Å²) in [7, 11) is 0. The molecule has 0 radical (unpaired) electrons. The highest BCUT2D eigenvalue weighted by Crippen LogP contribution is 2.10. The van der Waals surface area contributed by atoms with Crippen LogP contribution < -0.4 is 11.1 Å². The van der Waals surface area contributed by atoms with Crippen molar-refractivity contribution in [1.82, 2.24) is 14.7 Å². The fraction of sp³-hybridized carbons (Fsp3) is 0.353. The lowest BCUT2D eigenvalue weighted by atomic mass is 10.1. The highest BCUT2D eigenvalue weighted by Gasteiger charge is 2.17. The standard InChI is InChI=1S/C17H21N5O3/c18-14-3-1-13(2-4-14)9-16(23)20-15-10-19-22(11-15)12-17(24)21-5-7-25-8-6-21/h1-4,10-11H,5-9,12,18H2,(H,20,23). The average molecular weight is 343 g/mol. The van der Waals surface area contributed by atoms with Crippen molar-refractivity contribution in [3.8, 4) is 0 Å². The number of hydrogen-bond acceptors (Lipinski definition) is 5. The van der Waals surface area contributed by atoms with Crippen LogP contribution >= 0.6 is 0 Å². The molecule has 0 spiro atoms. The zero-order chi connectivity index (χ0) is 17.6. The van der Waals surface area contributed by atoms with Gasteiger partial charge in [0.15, 0.2) is 0 Å². The van der Waals surface area contributed by atoms with Crippen molar-refractivity contribution in [2.75, 3.05) is 37.4 Å². The van der Waals surface area contributed by atoms with Gasteiger partial charge in [0, 0.05) is 25.0 Å². The van der Waals surface area contributed by atoms with Gasteiger partial charge < -0.3 is 20.7 Å². The number of carbonyl (C=O) groups is 2. The summed E-state index contributed by atoms with van der Waals surface area (Å²) in [4.78, 5) is 26.0. The van der Waals surface area contributed by atoms with Crippen LogP contribution in [0.15, 0.2) is 36.7 Å². The minimum atomic E-state index is -0.149. The van der Waals surface area contributed by atoms with E-state index in [1.807, 2.05) is 12.1 Å². The van der Waals surface area contributed by atoms with Gasteiger partial charge in [-0.25, -0.2) is 0 Å². The molecule has 0 bridgehead atoms. The molecule has 1 aliphatic heterocycles. The Bertz CT molecular complexity index is 735. The summed E-state index contributed by atoms with van der Waals surface area (Å²) in [6.07, 6.45) is 3.44. The first-order valence-corrected chi connectivity index (χ1v) is 8.12. The van der Waals surface area contributed by atoms with E-state index in [2.05, 4.69) is 10.4 Å². The molecule has 3 N–H and O–H groups in total. The second-order valence-electron chi connectivity index (χ2n) is 5.89. The lowest BCUT2D eigenvalue weighted by Crippen LogP contribution is -2.42. The summed E-state index contributed by atoms with van der Waals surface area (Å²) >= 11 is 0. The van der Waals surface area contributed by atoms with Gasteiger partial charge in [-0.3, -0.25) is 14.3 Å². The van der Waals surface area contributed by atoms with Crippen molar-refractivity contribution < 1.29 is 14.3 Å². The summed E-state index contributed by atoms with van der Waals surface area (Å²) < 4.78 is 6.76. The number of aromatic nitrogens is 2. The van der Waals surface area contributed by atoms with E-state index in [0.29, 0.717) is 37.7 Å². The van der Waals surface area contributed by atoms with Crippen molar-refractivity contribution in [1.29, 1.82) is 0 Å². The van der Waals surface area contributed by atoms with E-state index in [0.717, 1.165) is 5.56 Å². The number of nitrogens with one attached hydrogen (secondary N) is 1. The molecule has 1 aliphatic rings. The summed E-state index contributed by atoms with van der Waals surface area (Å²) in [6.45, 7) is 2.49. The fourth-order valence-corrected chi connectivity index (χ4v) is 2.59. The van der Waals surface area contributed by atoms with Crippen molar-refractivity contribution in [2.45, 2.75) is 13.0 Å². The van der Waals surface area contributed by atoms with Gasteiger partial charge in [0.05, 0.1) is 31.5 Å². The van der Waals surface area contributed by atoms with Gasteiger partial charge in [0.25, 0.3) is 0 Å². The molecule has 0 atom stereocenters. The Hall–Kier alpha value is -2.87. The quantitative estimate of drug-likeness (QED) is 0.770. The van der Waals surface area contributed by atoms with Crippen molar-refractivity contribution in [3.63, 3.8) is 0 Å². The molecule has 8 heteroatoms. The van der Waals surface area contributed by atoms with Gasteiger partial charge in [-0.1, -0.05) is 12.1 Å². The Kier molecular flexibility index (Phi) is 5.30. The zero-order valence-electron chi connectivity index (χ0n) is 13.9. The second kappa shape index (κ2) is 7.80. The molecule has 1 aromatic heterocycles. The lowest BCUT2D eigenvalue weighted by Gasteiger charge is -2.26. The first kappa shape index (κ1) is 17.0. The highest BCUT2D eigenvalue weighted by molar-refractivity contribution is 5.92. The monoisotopic (exact) mass is 343 g/mol. The molecule has 1 fully saturated rings. The van der Waals surface area contributed by atoms with Crippen LogP contribution in [-0.2, 0) is 27.3 Å². The van der Waals surface area contributed by atoms with Crippen LogP contribution in [-0.4, -0.2) is 52.8 Å². The number of nitrogens with two attached hydrogens (primary N) is 1. The van der Waals surface area contributed by atoms with Crippen LogP contribution in [0.25, 0.3) is 0 Å². The highest BCUT2D eigenvalue weighted by atomic mass is 16.5. The normalized spacial score (nSPS) is 14.3. The average Bonchev–Trinajstić information content (AvgIpc) is 3.04. The van der Waals surface area contributed by atoms with Gasteiger partial charge in [-0.15, -0.1) is 0 Å². The van der Waals surface area contributed by atoms with Gasteiger partial charge >= 0.3 is 0 Å². The van der Waals surface area contributed by atoms with Gasteiger partial charge in [0.2, 0.25) is 11.8 Å². The molecule has 1 aromatic carbocycles. The molecular weight excluding hydrogens is 322 g/mol. The maximum Gasteiger partial charge on any atom is 0.244 e. The first-order chi connectivity index (χ1) is 12.1. The number of morpholine rings is 1. The molecule has 0 unspecified atom stereocenters. The van der Waals surface area contributed by atoms with Gasteiger partial charge in [-0.05, 0) is 17.7 Å².